The van der Waals surface area contributed by atoms with E-state index >= 15 is 0 Å². The molecule has 0 spiro atoms. The van der Waals surface area contributed by atoms with E-state index in [0.717, 1.165) is 21.3 Å². The van der Waals surface area contributed by atoms with Crippen LogP contribution in [0, 0.1) is 0 Å². The van der Waals surface area contributed by atoms with E-state index in [9.17, 15) is 0 Å². The largest absolute Gasteiger partial charge is 0.312 e. The molecule has 0 aliphatic carbocycles. The van der Waals surface area contributed by atoms with E-state index in [0.29, 0.717) is 0 Å². The number of benzene rings is 1. The van der Waals surface area contributed by atoms with Gasteiger partial charge in [0.2, 0.25) is 0 Å². The molecule has 1 heterocycles. The summed E-state index contributed by atoms with van der Waals surface area (Å²) in [6.07, 6.45) is 0. The minimum atomic E-state index is 0.282. The lowest BCUT2D eigenvalue weighted by molar-refractivity contribution is 0.637. The van der Waals surface area contributed by atoms with Crippen molar-refractivity contribution in [3.8, 4) is 10.6 Å². The van der Waals surface area contributed by atoms with Crippen molar-refractivity contribution in [3.63, 3.8) is 0 Å². The first-order valence-corrected chi connectivity index (χ1v) is 6.35. The van der Waals surface area contributed by atoms with Crippen molar-refractivity contribution in [1.82, 2.24) is 10.3 Å². The van der Waals surface area contributed by atoms with Crippen LogP contribution in [-0.2, 0) is 0 Å². The predicted octanol–water partition coefficient (Wildman–Crippen LogP) is 3.74. The molecule has 0 amide bonds. The lowest BCUT2D eigenvalue weighted by Gasteiger charge is -2.04. The van der Waals surface area contributed by atoms with Crippen molar-refractivity contribution in [1.29, 1.82) is 0 Å². The Bertz CT molecular complexity index is 481. The quantitative estimate of drug-likeness (QED) is 0.900. The van der Waals surface area contributed by atoms with Crippen molar-refractivity contribution in [2.75, 3.05) is 7.05 Å². The third-order valence-corrected chi connectivity index (χ3v) is 3.61. The summed E-state index contributed by atoms with van der Waals surface area (Å²) in [6, 6.07) is 8.06. The first-order valence-electron chi connectivity index (χ1n) is 5.09. The SMILES string of the molecule is CNC(C)c1csc(-c2cccc(Cl)c2)n1. The van der Waals surface area contributed by atoms with Gasteiger partial charge in [0, 0.05) is 22.0 Å². The van der Waals surface area contributed by atoms with Gasteiger partial charge in [-0.15, -0.1) is 11.3 Å². The highest BCUT2D eigenvalue weighted by Gasteiger charge is 2.09. The third kappa shape index (κ3) is 2.43. The van der Waals surface area contributed by atoms with Crippen molar-refractivity contribution in [3.05, 3.63) is 40.4 Å². The molecule has 1 unspecified atom stereocenters. The van der Waals surface area contributed by atoms with E-state index in [4.69, 9.17) is 11.6 Å². The van der Waals surface area contributed by atoms with Crippen LogP contribution in [0.4, 0.5) is 0 Å². The Balaban J connectivity index is 2.31. The molecule has 4 heteroatoms. The summed E-state index contributed by atoms with van der Waals surface area (Å²) in [5.41, 5.74) is 2.15. The minimum absolute atomic E-state index is 0.282. The Labute approximate surface area is 104 Å². The Morgan fingerprint density at radius 1 is 1.44 bits per heavy atom. The highest BCUT2D eigenvalue weighted by Crippen LogP contribution is 2.27. The summed E-state index contributed by atoms with van der Waals surface area (Å²) < 4.78 is 0. The van der Waals surface area contributed by atoms with Crippen molar-refractivity contribution in [2.45, 2.75) is 13.0 Å². The van der Waals surface area contributed by atoms with Crippen molar-refractivity contribution >= 4 is 22.9 Å². The summed E-state index contributed by atoms with van der Waals surface area (Å²) in [7, 11) is 1.93. The predicted molar refractivity (Wildman–Crippen MR) is 70.0 cm³/mol. The average Bonchev–Trinajstić information content (AvgIpc) is 2.77. The van der Waals surface area contributed by atoms with Crippen LogP contribution in [0.3, 0.4) is 0 Å². The maximum atomic E-state index is 5.96. The Morgan fingerprint density at radius 2 is 2.25 bits per heavy atom. The fraction of sp³-hybridized carbons (Fsp3) is 0.250. The molecular weight excluding hydrogens is 240 g/mol. The van der Waals surface area contributed by atoms with E-state index in [2.05, 4.69) is 22.6 Å². The van der Waals surface area contributed by atoms with Crippen LogP contribution in [0.25, 0.3) is 10.6 Å². The maximum absolute atomic E-state index is 5.96. The van der Waals surface area contributed by atoms with Gasteiger partial charge in [-0.05, 0) is 26.1 Å². The number of halogens is 1. The summed E-state index contributed by atoms with van der Waals surface area (Å²) in [5, 5.41) is 7.02. The molecule has 1 aromatic carbocycles. The lowest BCUT2D eigenvalue weighted by atomic mass is 10.2. The zero-order valence-corrected chi connectivity index (χ0v) is 10.8. The fourth-order valence-electron chi connectivity index (χ4n) is 1.39. The molecule has 2 nitrogen and oxygen atoms in total. The standard InChI is InChI=1S/C12H13ClN2S/c1-8(14-2)11-7-16-12(15-11)9-4-3-5-10(13)6-9/h3-8,14H,1-2H3. The number of hydrogen-bond donors (Lipinski definition) is 1. The second-order valence-electron chi connectivity index (χ2n) is 3.60. The smallest absolute Gasteiger partial charge is 0.123 e. The molecule has 0 fully saturated rings. The van der Waals surface area contributed by atoms with Gasteiger partial charge in [0.25, 0.3) is 0 Å². The highest BCUT2D eigenvalue weighted by atomic mass is 35.5. The van der Waals surface area contributed by atoms with Crippen LogP contribution in [0.15, 0.2) is 29.6 Å². The van der Waals surface area contributed by atoms with Gasteiger partial charge in [-0.1, -0.05) is 23.7 Å². The molecule has 2 rings (SSSR count). The molecule has 0 saturated carbocycles. The maximum Gasteiger partial charge on any atom is 0.123 e. The summed E-state index contributed by atoms with van der Waals surface area (Å²) in [6.45, 7) is 2.09. The number of nitrogens with one attached hydrogen (secondary N) is 1. The topological polar surface area (TPSA) is 24.9 Å². The normalized spacial score (nSPS) is 12.7. The van der Waals surface area contributed by atoms with Gasteiger partial charge in [-0.25, -0.2) is 4.98 Å². The lowest BCUT2D eigenvalue weighted by Crippen LogP contribution is -2.12. The molecule has 16 heavy (non-hydrogen) atoms. The van der Waals surface area contributed by atoms with Gasteiger partial charge >= 0.3 is 0 Å². The molecule has 1 aromatic heterocycles. The molecule has 84 valence electrons. The van der Waals surface area contributed by atoms with E-state index < -0.39 is 0 Å². The van der Waals surface area contributed by atoms with Gasteiger partial charge in [-0.3, -0.25) is 0 Å². The third-order valence-electron chi connectivity index (χ3n) is 2.47. The Hall–Kier alpha value is -0.900. The summed E-state index contributed by atoms with van der Waals surface area (Å²) >= 11 is 7.60. The Morgan fingerprint density at radius 3 is 2.94 bits per heavy atom. The number of nitrogens with zero attached hydrogens (tertiary/aromatic N) is 1. The summed E-state index contributed by atoms with van der Waals surface area (Å²) in [5.74, 6) is 0. The zero-order chi connectivity index (χ0) is 11.5. The van der Waals surface area contributed by atoms with Gasteiger partial charge < -0.3 is 5.32 Å². The van der Waals surface area contributed by atoms with Crippen LogP contribution in [0.1, 0.15) is 18.7 Å². The van der Waals surface area contributed by atoms with Crippen LogP contribution in [0.5, 0.6) is 0 Å². The zero-order valence-electron chi connectivity index (χ0n) is 9.20. The van der Waals surface area contributed by atoms with Gasteiger partial charge in [0.15, 0.2) is 0 Å². The van der Waals surface area contributed by atoms with E-state index in [-0.39, 0.29) is 6.04 Å². The molecule has 1 N–H and O–H groups in total. The molecule has 0 radical (unpaired) electrons. The van der Waals surface area contributed by atoms with E-state index in [1.54, 1.807) is 11.3 Å². The second kappa shape index (κ2) is 4.95. The fourth-order valence-corrected chi connectivity index (χ4v) is 2.49. The molecule has 0 aliphatic heterocycles. The van der Waals surface area contributed by atoms with Crippen LogP contribution in [-0.4, -0.2) is 12.0 Å². The van der Waals surface area contributed by atoms with Gasteiger partial charge in [0.05, 0.1) is 5.69 Å². The highest BCUT2D eigenvalue weighted by molar-refractivity contribution is 7.13. The summed E-state index contributed by atoms with van der Waals surface area (Å²) in [4.78, 5) is 4.59. The Kier molecular flexibility index (Phi) is 3.59. The van der Waals surface area contributed by atoms with E-state index in [1.165, 1.54) is 0 Å². The second-order valence-corrected chi connectivity index (χ2v) is 4.89. The first-order chi connectivity index (χ1) is 7.70. The van der Waals surface area contributed by atoms with Crippen molar-refractivity contribution < 1.29 is 0 Å². The number of rotatable bonds is 3. The van der Waals surface area contributed by atoms with Crippen LogP contribution in [0.2, 0.25) is 5.02 Å². The monoisotopic (exact) mass is 252 g/mol. The van der Waals surface area contributed by atoms with Gasteiger partial charge in [0.1, 0.15) is 5.01 Å². The van der Waals surface area contributed by atoms with Crippen molar-refractivity contribution in [2.24, 2.45) is 0 Å². The minimum Gasteiger partial charge on any atom is -0.312 e. The van der Waals surface area contributed by atoms with E-state index in [1.807, 2.05) is 31.3 Å². The van der Waals surface area contributed by atoms with Gasteiger partial charge in [-0.2, -0.15) is 0 Å². The average molecular weight is 253 g/mol. The molecule has 1 atom stereocenters. The molecule has 0 bridgehead atoms. The molecule has 0 aliphatic rings. The molecule has 2 aromatic rings. The first kappa shape index (κ1) is 11.6. The number of thiazole rings is 1. The molecular formula is C12H13ClN2S. The molecule has 0 saturated heterocycles. The number of aromatic nitrogens is 1. The number of hydrogen-bond acceptors (Lipinski definition) is 3. The van der Waals surface area contributed by atoms with Crippen LogP contribution >= 0.6 is 22.9 Å². The van der Waals surface area contributed by atoms with Crippen LogP contribution < -0.4 is 5.32 Å².